The standard InChI is InChI=1S/C18H21FN2O2S/c1-18(2,3)24-12-16(22)20-15-5-4-10-21(17(15)23)11-13-6-8-14(19)9-7-13/h4-10H,11-12H2,1-3H3,(H,20,22). The number of pyridine rings is 1. The van der Waals surface area contributed by atoms with Crippen molar-refractivity contribution in [1.82, 2.24) is 4.57 Å². The van der Waals surface area contributed by atoms with E-state index in [-0.39, 0.29) is 33.5 Å². The lowest BCUT2D eigenvalue weighted by atomic mass is 10.2. The Kier molecular flexibility index (Phi) is 5.83. The van der Waals surface area contributed by atoms with Crippen molar-refractivity contribution in [2.45, 2.75) is 32.1 Å². The molecule has 1 aromatic carbocycles. The zero-order chi connectivity index (χ0) is 17.7. The number of hydrogen-bond donors (Lipinski definition) is 1. The molecule has 0 aliphatic carbocycles. The second kappa shape index (κ2) is 7.66. The highest BCUT2D eigenvalue weighted by molar-refractivity contribution is 8.01. The first kappa shape index (κ1) is 18.3. The van der Waals surface area contributed by atoms with E-state index in [9.17, 15) is 14.0 Å². The molecular formula is C18H21FN2O2S. The Morgan fingerprint density at radius 3 is 2.50 bits per heavy atom. The van der Waals surface area contributed by atoms with Crippen LogP contribution in [0.5, 0.6) is 0 Å². The third-order valence-corrected chi connectivity index (χ3v) is 4.47. The lowest BCUT2D eigenvalue weighted by molar-refractivity contribution is -0.113. The molecule has 0 aliphatic heterocycles. The van der Waals surface area contributed by atoms with Crippen LogP contribution in [0.4, 0.5) is 10.1 Å². The molecule has 2 aromatic rings. The quantitative estimate of drug-likeness (QED) is 0.900. The van der Waals surface area contributed by atoms with Gasteiger partial charge >= 0.3 is 0 Å². The Morgan fingerprint density at radius 2 is 1.88 bits per heavy atom. The molecule has 0 spiro atoms. The average Bonchev–Trinajstić information content (AvgIpc) is 2.51. The van der Waals surface area contributed by atoms with Gasteiger partial charge in [0.15, 0.2) is 0 Å². The van der Waals surface area contributed by atoms with Gasteiger partial charge in [0.1, 0.15) is 11.5 Å². The molecule has 0 unspecified atom stereocenters. The highest BCUT2D eigenvalue weighted by Gasteiger charge is 2.14. The number of thioether (sulfide) groups is 1. The van der Waals surface area contributed by atoms with Crippen LogP contribution < -0.4 is 10.9 Å². The van der Waals surface area contributed by atoms with Gasteiger partial charge in [0.2, 0.25) is 5.91 Å². The summed E-state index contributed by atoms with van der Waals surface area (Å²) in [5, 5.41) is 2.66. The van der Waals surface area contributed by atoms with Crippen LogP contribution in [0.15, 0.2) is 47.4 Å². The minimum absolute atomic E-state index is 0.0170. The predicted molar refractivity (Wildman–Crippen MR) is 97.0 cm³/mol. The average molecular weight is 348 g/mol. The Balaban J connectivity index is 2.08. The molecule has 0 atom stereocenters. The lowest BCUT2D eigenvalue weighted by Crippen LogP contribution is -2.27. The summed E-state index contributed by atoms with van der Waals surface area (Å²) < 4.78 is 14.4. The van der Waals surface area contributed by atoms with Gasteiger partial charge in [-0.3, -0.25) is 9.59 Å². The number of hydrogen-bond acceptors (Lipinski definition) is 3. The molecule has 0 aliphatic rings. The maximum Gasteiger partial charge on any atom is 0.274 e. The largest absolute Gasteiger partial charge is 0.321 e. The number of nitrogens with zero attached hydrogens (tertiary/aromatic N) is 1. The molecule has 128 valence electrons. The van der Waals surface area contributed by atoms with Crippen molar-refractivity contribution >= 4 is 23.4 Å². The fourth-order valence-electron chi connectivity index (χ4n) is 2.01. The molecule has 2 rings (SSSR count). The Hall–Kier alpha value is -2.08. The van der Waals surface area contributed by atoms with E-state index in [1.165, 1.54) is 28.5 Å². The molecule has 0 bridgehead atoms. The molecule has 0 radical (unpaired) electrons. The number of anilines is 1. The number of carbonyl (C=O) groups excluding carboxylic acids is 1. The minimum Gasteiger partial charge on any atom is -0.321 e. The molecule has 1 N–H and O–H groups in total. The smallest absolute Gasteiger partial charge is 0.274 e. The molecule has 4 nitrogen and oxygen atoms in total. The number of rotatable bonds is 5. The van der Waals surface area contributed by atoms with Crippen molar-refractivity contribution in [3.8, 4) is 0 Å². The van der Waals surface area contributed by atoms with E-state index in [0.717, 1.165) is 5.56 Å². The van der Waals surface area contributed by atoms with E-state index >= 15 is 0 Å². The summed E-state index contributed by atoms with van der Waals surface area (Å²) in [5.41, 5.74) is 0.778. The zero-order valence-corrected chi connectivity index (χ0v) is 14.8. The van der Waals surface area contributed by atoms with Gasteiger partial charge in [0, 0.05) is 10.9 Å². The van der Waals surface area contributed by atoms with Crippen LogP contribution in [0.1, 0.15) is 26.3 Å². The van der Waals surface area contributed by atoms with Crippen LogP contribution in [0.25, 0.3) is 0 Å². The molecule has 24 heavy (non-hydrogen) atoms. The third kappa shape index (κ3) is 5.53. The lowest BCUT2D eigenvalue weighted by Gasteiger charge is -2.17. The summed E-state index contributed by atoms with van der Waals surface area (Å²) >= 11 is 1.52. The summed E-state index contributed by atoms with van der Waals surface area (Å²) in [6.45, 7) is 6.41. The molecule has 1 heterocycles. The predicted octanol–water partition coefficient (Wildman–Crippen LogP) is 3.51. The van der Waals surface area contributed by atoms with Crippen LogP contribution in [0, 0.1) is 5.82 Å². The Labute approximate surface area is 145 Å². The second-order valence-corrected chi connectivity index (χ2v) is 8.23. The molecule has 0 saturated carbocycles. The van der Waals surface area contributed by atoms with E-state index in [2.05, 4.69) is 5.32 Å². The minimum atomic E-state index is -0.316. The first-order chi connectivity index (χ1) is 11.2. The van der Waals surface area contributed by atoms with Crippen molar-refractivity contribution in [2.24, 2.45) is 0 Å². The van der Waals surface area contributed by atoms with Gasteiger partial charge in [-0.05, 0) is 29.8 Å². The van der Waals surface area contributed by atoms with Crippen LogP contribution in [0.2, 0.25) is 0 Å². The Morgan fingerprint density at radius 1 is 1.21 bits per heavy atom. The van der Waals surface area contributed by atoms with Gasteiger partial charge in [-0.25, -0.2) is 4.39 Å². The van der Waals surface area contributed by atoms with E-state index in [0.29, 0.717) is 6.54 Å². The van der Waals surface area contributed by atoms with Gasteiger partial charge < -0.3 is 9.88 Å². The van der Waals surface area contributed by atoms with Crippen LogP contribution >= 0.6 is 11.8 Å². The normalized spacial score (nSPS) is 11.3. The van der Waals surface area contributed by atoms with Gasteiger partial charge in [0.25, 0.3) is 5.56 Å². The maximum atomic E-state index is 13.0. The summed E-state index contributed by atoms with van der Waals surface area (Å²) in [7, 11) is 0. The highest BCUT2D eigenvalue weighted by atomic mass is 32.2. The van der Waals surface area contributed by atoms with Gasteiger partial charge in [-0.1, -0.05) is 32.9 Å². The maximum absolute atomic E-state index is 13.0. The summed E-state index contributed by atoms with van der Waals surface area (Å²) in [5.74, 6) is -0.231. The summed E-state index contributed by atoms with van der Waals surface area (Å²) in [6, 6.07) is 9.27. The molecule has 0 saturated heterocycles. The monoisotopic (exact) mass is 348 g/mol. The molecular weight excluding hydrogens is 327 g/mol. The number of carbonyl (C=O) groups is 1. The van der Waals surface area contributed by atoms with Crippen molar-refractivity contribution in [3.63, 3.8) is 0 Å². The fraction of sp³-hybridized carbons (Fsp3) is 0.333. The van der Waals surface area contributed by atoms with Crippen LogP contribution in [-0.4, -0.2) is 21.0 Å². The first-order valence-corrected chi connectivity index (χ1v) is 8.61. The number of halogens is 1. The van der Waals surface area contributed by atoms with Crippen molar-refractivity contribution in [1.29, 1.82) is 0 Å². The van der Waals surface area contributed by atoms with Crippen molar-refractivity contribution in [3.05, 3.63) is 64.3 Å². The van der Waals surface area contributed by atoms with Gasteiger partial charge in [-0.15, -0.1) is 11.8 Å². The van der Waals surface area contributed by atoms with E-state index in [4.69, 9.17) is 0 Å². The SMILES string of the molecule is CC(C)(C)SCC(=O)Nc1cccn(Cc2ccc(F)cc2)c1=O. The van der Waals surface area contributed by atoms with E-state index in [1.807, 2.05) is 20.8 Å². The number of benzene rings is 1. The molecule has 1 aromatic heterocycles. The van der Waals surface area contributed by atoms with E-state index in [1.54, 1.807) is 30.5 Å². The number of nitrogens with one attached hydrogen (secondary N) is 1. The van der Waals surface area contributed by atoms with Crippen molar-refractivity contribution in [2.75, 3.05) is 11.1 Å². The summed E-state index contributed by atoms with van der Waals surface area (Å²) in [4.78, 5) is 24.4. The second-order valence-electron chi connectivity index (χ2n) is 6.43. The van der Waals surface area contributed by atoms with Crippen molar-refractivity contribution < 1.29 is 9.18 Å². The molecule has 1 amide bonds. The Bertz CT molecular complexity index is 764. The highest BCUT2D eigenvalue weighted by Crippen LogP contribution is 2.22. The van der Waals surface area contributed by atoms with Gasteiger partial charge in [-0.2, -0.15) is 0 Å². The van der Waals surface area contributed by atoms with Gasteiger partial charge in [0.05, 0.1) is 12.3 Å². The molecule has 6 heteroatoms. The van der Waals surface area contributed by atoms with Crippen LogP contribution in [-0.2, 0) is 11.3 Å². The zero-order valence-electron chi connectivity index (χ0n) is 14.0. The summed E-state index contributed by atoms with van der Waals surface area (Å²) in [6.07, 6.45) is 1.64. The first-order valence-electron chi connectivity index (χ1n) is 7.62. The number of amides is 1. The topological polar surface area (TPSA) is 51.1 Å². The fourth-order valence-corrected chi connectivity index (χ4v) is 2.65. The van der Waals surface area contributed by atoms with Crippen LogP contribution in [0.3, 0.4) is 0 Å². The number of aromatic nitrogens is 1. The molecule has 0 fully saturated rings. The third-order valence-electron chi connectivity index (χ3n) is 3.20. The van der Waals surface area contributed by atoms with E-state index < -0.39 is 0 Å².